The van der Waals surface area contributed by atoms with Crippen LogP contribution in [0.3, 0.4) is 0 Å². The Morgan fingerprint density at radius 2 is 1.36 bits per heavy atom. The molecule has 22 heavy (non-hydrogen) atoms. The van der Waals surface area contributed by atoms with Crippen molar-refractivity contribution in [1.29, 1.82) is 0 Å². The van der Waals surface area contributed by atoms with Crippen LogP contribution in [0.1, 0.15) is 20.7 Å². The van der Waals surface area contributed by atoms with Crippen LogP contribution in [0.15, 0.2) is 42.5 Å². The molecule has 0 aliphatic rings. The lowest BCUT2D eigenvalue weighted by molar-refractivity contribution is 0.0555. The molecule has 6 heteroatoms. The molecule has 0 fully saturated rings. The summed E-state index contributed by atoms with van der Waals surface area (Å²) in [6.07, 6.45) is 0. The summed E-state index contributed by atoms with van der Waals surface area (Å²) in [7, 11) is 2.47. The van der Waals surface area contributed by atoms with Gasteiger partial charge in [0.15, 0.2) is 0 Å². The van der Waals surface area contributed by atoms with E-state index in [0.717, 1.165) is 0 Å². The summed E-state index contributed by atoms with van der Waals surface area (Å²) in [6, 6.07) is 11.2. The molecule has 0 aliphatic heterocycles. The van der Waals surface area contributed by atoms with Crippen molar-refractivity contribution in [1.82, 2.24) is 0 Å². The quantitative estimate of drug-likeness (QED) is 0.804. The molecule has 0 bridgehead atoms. The molecule has 0 aliphatic carbocycles. The van der Waals surface area contributed by atoms with Crippen LogP contribution in [0, 0.1) is 0 Å². The zero-order valence-corrected chi connectivity index (χ0v) is 12.7. The molecule has 2 rings (SSSR count). The number of hydrogen-bond donors (Lipinski definition) is 0. The van der Waals surface area contributed by atoms with Crippen LogP contribution in [0.25, 0.3) is 0 Å². The predicted octanol–water partition coefficient (Wildman–Crippen LogP) is 3.71. The first-order valence-electron chi connectivity index (χ1n) is 6.29. The van der Waals surface area contributed by atoms with Crippen LogP contribution in [-0.4, -0.2) is 26.2 Å². The van der Waals surface area contributed by atoms with E-state index in [2.05, 4.69) is 9.47 Å². The third kappa shape index (κ3) is 3.56. The van der Waals surface area contributed by atoms with Gasteiger partial charge < -0.3 is 14.2 Å². The van der Waals surface area contributed by atoms with Crippen molar-refractivity contribution in [3.63, 3.8) is 0 Å². The van der Waals surface area contributed by atoms with Crippen molar-refractivity contribution < 1.29 is 23.8 Å². The number of carbonyl (C=O) groups is 2. The van der Waals surface area contributed by atoms with Crippen molar-refractivity contribution in [3.8, 4) is 11.5 Å². The smallest absolute Gasteiger partial charge is 0.338 e. The lowest BCUT2D eigenvalue weighted by Gasteiger charge is -2.10. The molecule has 0 N–H and O–H groups in total. The first-order valence-corrected chi connectivity index (χ1v) is 6.67. The van der Waals surface area contributed by atoms with Gasteiger partial charge in [-0.05, 0) is 42.5 Å². The molecular weight excluding hydrogens is 308 g/mol. The Morgan fingerprint density at radius 1 is 0.818 bits per heavy atom. The molecule has 0 unspecified atom stereocenters. The van der Waals surface area contributed by atoms with Crippen LogP contribution in [0.4, 0.5) is 0 Å². The number of methoxy groups -OCH3 is 2. The minimum Gasteiger partial charge on any atom is -0.465 e. The van der Waals surface area contributed by atoms with Gasteiger partial charge in [0.2, 0.25) is 0 Å². The molecule has 0 atom stereocenters. The fourth-order valence-corrected chi connectivity index (χ4v) is 1.92. The van der Waals surface area contributed by atoms with Crippen molar-refractivity contribution in [3.05, 3.63) is 58.6 Å². The summed E-state index contributed by atoms with van der Waals surface area (Å²) in [5, 5.41) is 0.587. The first-order chi connectivity index (χ1) is 10.5. The molecule has 2 aromatic rings. The first kappa shape index (κ1) is 15.9. The number of rotatable bonds is 4. The van der Waals surface area contributed by atoms with Crippen LogP contribution >= 0.6 is 11.6 Å². The summed E-state index contributed by atoms with van der Waals surface area (Å²) in [4.78, 5) is 23.5. The van der Waals surface area contributed by atoms with E-state index in [4.69, 9.17) is 16.3 Å². The highest BCUT2D eigenvalue weighted by Crippen LogP contribution is 2.26. The van der Waals surface area contributed by atoms with Gasteiger partial charge in [-0.3, -0.25) is 0 Å². The minimum atomic E-state index is -0.651. The molecule has 0 amide bonds. The van der Waals surface area contributed by atoms with E-state index in [9.17, 15) is 9.59 Å². The van der Waals surface area contributed by atoms with E-state index < -0.39 is 11.9 Å². The molecule has 0 heterocycles. The zero-order chi connectivity index (χ0) is 16.1. The standard InChI is InChI=1S/C16H13ClO5/c1-20-15(18)13-8-7-12(9-14(13)16(19)21-2)22-11-5-3-10(17)4-6-11/h3-9H,1-2H3. The molecular formula is C16H13ClO5. The van der Waals surface area contributed by atoms with Gasteiger partial charge in [0.1, 0.15) is 11.5 Å². The Morgan fingerprint density at radius 3 is 1.95 bits per heavy atom. The van der Waals surface area contributed by atoms with Gasteiger partial charge in [0.25, 0.3) is 0 Å². The van der Waals surface area contributed by atoms with Gasteiger partial charge in [-0.15, -0.1) is 0 Å². The van der Waals surface area contributed by atoms with Crippen LogP contribution in [0.2, 0.25) is 5.02 Å². The average Bonchev–Trinajstić information content (AvgIpc) is 2.55. The number of halogens is 1. The molecule has 0 saturated carbocycles. The van der Waals surface area contributed by atoms with Crippen molar-refractivity contribution in [2.75, 3.05) is 14.2 Å². The van der Waals surface area contributed by atoms with E-state index in [1.54, 1.807) is 30.3 Å². The second kappa shape index (κ2) is 6.95. The predicted molar refractivity (Wildman–Crippen MR) is 80.6 cm³/mol. The zero-order valence-electron chi connectivity index (χ0n) is 12.0. The Kier molecular flexibility index (Phi) is 5.01. The second-order valence-corrected chi connectivity index (χ2v) is 4.68. The molecule has 5 nitrogen and oxygen atoms in total. The highest BCUT2D eigenvalue weighted by molar-refractivity contribution is 6.30. The molecule has 114 valence electrons. The van der Waals surface area contributed by atoms with E-state index in [1.165, 1.54) is 26.4 Å². The van der Waals surface area contributed by atoms with Crippen LogP contribution in [0.5, 0.6) is 11.5 Å². The van der Waals surface area contributed by atoms with Crippen molar-refractivity contribution in [2.45, 2.75) is 0 Å². The lowest BCUT2D eigenvalue weighted by atomic mass is 10.1. The van der Waals surface area contributed by atoms with E-state index in [1.807, 2.05) is 0 Å². The normalized spacial score (nSPS) is 9.95. The topological polar surface area (TPSA) is 61.8 Å². The van der Waals surface area contributed by atoms with Gasteiger partial charge in [0.05, 0.1) is 25.3 Å². The molecule has 0 spiro atoms. The SMILES string of the molecule is COC(=O)c1ccc(Oc2ccc(Cl)cc2)cc1C(=O)OC. The van der Waals surface area contributed by atoms with E-state index >= 15 is 0 Å². The largest absolute Gasteiger partial charge is 0.465 e. The number of esters is 2. The van der Waals surface area contributed by atoms with Crippen LogP contribution < -0.4 is 4.74 Å². The Balaban J connectivity index is 2.35. The van der Waals surface area contributed by atoms with Gasteiger partial charge in [0, 0.05) is 5.02 Å². The second-order valence-electron chi connectivity index (χ2n) is 4.25. The van der Waals surface area contributed by atoms with Crippen molar-refractivity contribution >= 4 is 23.5 Å². The number of benzene rings is 2. The van der Waals surface area contributed by atoms with Gasteiger partial charge >= 0.3 is 11.9 Å². The third-order valence-electron chi connectivity index (χ3n) is 2.85. The summed E-state index contributed by atoms with van der Waals surface area (Å²) < 4.78 is 14.9. The number of carbonyl (C=O) groups excluding carboxylic acids is 2. The monoisotopic (exact) mass is 320 g/mol. The summed E-state index contributed by atoms with van der Waals surface area (Å²) in [5.74, 6) is -0.346. The molecule has 0 radical (unpaired) electrons. The van der Waals surface area contributed by atoms with Gasteiger partial charge in [-0.2, -0.15) is 0 Å². The van der Waals surface area contributed by atoms with E-state index in [0.29, 0.717) is 16.5 Å². The van der Waals surface area contributed by atoms with E-state index in [-0.39, 0.29) is 11.1 Å². The maximum absolute atomic E-state index is 11.8. The highest BCUT2D eigenvalue weighted by atomic mass is 35.5. The maximum Gasteiger partial charge on any atom is 0.338 e. The van der Waals surface area contributed by atoms with Gasteiger partial charge in [-0.25, -0.2) is 9.59 Å². The summed E-state index contributed by atoms with van der Waals surface area (Å²) >= 11 is 5.80. The summed E-state index contributed by atoms with van der Waals surface area (Å²) in [5.41, 5.74) is 0.179. The minimum absolute atomic E-state index is 0.0702. The lowest BCUT2D eigenvalue weighted by Crippen LogP contribution is -2.11. The molecule has 0 aromatic heterocycles. The molecule has 0 saturated heterocycles. The Hall–Kier alpha value is -2.53. The highest BCUT2D eigenvalue weighted by Gasteiger charge is 2.19. The van der Waals surface area contributed by atoms with Crippen LogP contribution in [-0.2, 0) is 9.47 Å². The maximum atomic E-state index is 11.8. The molecule has 2 aromatic carbocycles. The fourth-order valence-electron chi connectivity index (χ4n) is 1.79. The average molecular weight is 321 g/mol. The summed E-state index contributed by atoms with van der Waals surface area (Å²) in [6.45, 7) is 0. The number of hydrogen-bond acceptors (Lipinski definition) is 5. The van der Waals surface area contributed by atoms with Gasteiger partial charge in [-0.1, -0.05) is 11.6 Å². The fraction of sp³-hybridized carbons (Fsp3) is 0.125. The Labute approximate surface area is 132 Å². The Bertz CT molecular complexity index is 694. The third-order valence-corrected chi connectivity index (χ3v) is 3.10. The van der Waals surface area contributed by atoms with Crippen molar-refractivity contribution in [2.24, 2.45) is 0 Å². The number of ether oxygens (including phenoxy) is 3.